The van der Waals surface area contributed by atoms with E-state index < -0.39 is 6.10 Å². The third-order valence-corrected chi connectivity index (χ3v) is 6.18. The fourth-order valence-electron chi connectivity index (χ4n) is 4.13. The van der Waals surface area contributed by atoms with Gasteiger partial charge in [-0.1, -0.05) is 56.3 Å². The van der Waals surface area contributed by atoms with E-state index in [-0.39, 0.29) is 5.97 Å². The van der Waals surface area contributed by atoms with Crippen LogP contribution in [0.4, 0.5) is 0 Å². The van der Waals surface area contributed by atoms with Gasteiger partial charge in [0.2, 0.25) is 0 Å². The summed E-state index contributed by atoms with van der Waals surface area (Å²) in [6.07, 6.45) is 3.34. The van der Waals surface area contributed by atoms with Gasteiger partial charge in [-0.15, -0.1) is 0 Å². The van der Waals surface area contributed by atoms with Crippen LogP contribution in [0.5, 0.6) is 5.75 Å². The molecule has 0 bridgehead atoms. The van der Waals surface area contributed by atoms with Crippen molar-refractivity contribution in [3.05, 3.63) is 71.3 Å². The monoisotopic (exact) mass is 465 g/mol. The lowest BCUT2D eigenvalue weighted by molar-refractivity contribution is -0.156. The summed E-state index contributed by atoms with van der Waals surface area (Å²) in [6.45, 7) is 12.5. The summed E-state index contributed by atoms with van der Waals surface area (Å²) in [7, 11) is 0. The normalized spacial score (nSPS) is 15.1. The standard InChI is InChI=1S/C29H39NO4/c1-5-32-28(29(31)33-6-2)21-23-7-13-27(14-8-23)34-20-19-30-17-15-26(16-18-30)25-11-9-24(10-12-25)22(3)4/h7-15,22,28H,5-6,16-21H2,1-4H3. The van der Waals surface area contributed by atoms with Crippen LogP contribution in [0.25, 0.3) is 5.57 Å². The Hall–Kier alpha value is -2.63. The van der Waals surface area contributed by atoms with Crippen molar-refractivity contribution in [2.24, 2.45) is 0 Å². The van der Waals surface area contributed by atoms with Crippen molar-refractivity contribution in [3.63, 3.8) is 0 Å². The average molecular weight is 466 g/mol. The van der Waals surface area contributed by atoms with E-state index in [1.807, 2.05) is 31.2 Å². The van der Waals surface area contributed by atoms with E-state index in [9.17, 15) is 4.79 Å². The SMILES string of the molecule is CCOC(=O)C(Cc1ccc(OCCN2CC=C(c3ccc(C(C)C)cc3)CC2)cc1)OCC. The molecule has 1 atom stereocenters. The van der Waals surface area contributed by atoms with Crippen LogP contribution < -0.4 is 4.74 Å². The van der Waals surface area contributed by atoms with Gasteiger partial charge < -0.3 is 14.2 Å². The first kappa shape index (κ1) is 26.0. The van der Waals surface area contributed by atoms with E-state index in [2.05, 4.69) is 49.1 Å². The van der Waals surface area contributed by atoms with Gasteiger partial charge >= 0.3 is 5.97 Å². The Morgan fingerprint density at radius 2 is 1.74 bits per heavy atom. The molecule has 2 aromatic rings. The Labute approximate surface area is 204 Å². The van der Waals surface area contributed by atoms with Gasteiger partial charge in [0.15, 0.2) is 6.10 Å². The van der Waals surface area contributed by atoms with Gasteiger partial charge in [0.05, 0.1) is 6.61 Å². The van der Waals surface area contributed by atoms with Crippen molar-refractivity contribution in [3.8, 4) is 5.75 Å². The highest BCUT2D eigenvalue weighted by atomic mass is 16.6. The minimum atomic E-state index is -0.568. The van der Waals surface area contributed by atoms with Crippen LogP contribution in [-0.2, 0) is 20.7 Å². The molecule has 0 radical (unpaired) electrons. The molecule has 0 aromatic heterocycles. The van der Waals surface area contributed by atoms with Crippen LogP contribution in [-0.4, -0.2) is 56.4 Å². The molecular weight excluding hydrogens is 426 g/mol. The van der Waals surface area contributed by atoms with Crippen molar-refractivity contribution >= 4 is 11.5 Å². The first-order valence-electron chi connectivity index (χ1n) is 12.5. The number of ether oxygens (including phenoxy) is 3. The van der Waals surface area contributed by atoms with E-state index in [1.165, 1.54) is 16.7 Å². The van der Waals surface area contributed by atoms with Gasteiger partial charge in [-0.2, -0.15) is 0 Å². The van der Waals surface area contributed by atoms with Crippen LogP contribution in [0.3, 0.4) is 0 Å². The first-order valence-corrected chi connectivity index (χ1v) is 12.5. The van der Waals surface area contributed by atoms with E-state index in [4.69, 9.17) is 14.2 Å². The Kier molecular flexibility index (Phi) is 10.2. The second-order valence-electron chi connectivity index (χ2n) is 8.95. The van der Waals surface area contributed by atoms with Crippen molar-refractivity contribution in [2.45, 2.75) is 52.6 Å². The summed E-state index contributed by atoms with van der Waals surface area (Å²) in [5.74, 6) is 1.10. The molecule has 184 valence electrons. The number of nitrogens with zero attached hydrogens (tertiary/aromatic N) is 1. The molecule has 3 rings (SSSR count). The number of benzene rings is 2. The summed E-state index contributed by atoms with van der Waals surface area (Å²) in [4.78, 5) is 14.5. The van der Waals surface area contributed by atoms with Crippen LogP contribution in [0.15, 0.2) is 54.6 Å². The molecule has 1 unspecified atom stereocenters. The fourth-order valence-corrected chi connectivity index (χ4v) is 4.13. The summed E-state index contributed by atoms with van der Waals surface area (Å²) in [5, 5.41) is 0. The molecule has 34 heavy (non-hydrogen) atoms. The van der Waals surface area contributed by atoms with Crippen molar-refractivity contribution in [1.29, 1.82) is 0 Å². The van der Waals surface area contributed by atoms with Gasteiger partial charge in [-0.25, -0.2) is 4.79 Å². The van der Waals surface area contributed by atoms with E-state index in [0.717, 1.165) is 37.4 Å². The lowest BCUT2D eigenvalue weighted by atomic mass is 9.96. The Morgan fingerprint density at radius 3 is 2.32 bits per heavy atom. The van der Waals surface area contributed by atoms with E-state index in [0.29, 0.717) is 32.2 Å². The maximum Gasteiger partial charge on any atom is 0.335 e. The largest absolute Gasteiger partial charge is 0.492 e. The second-order valence-corrected chi connectivity index (χ2v) is 8.95. The number of carbonyl (C=O) groups is 1. The smallest absolute Gasteiger partial charge is 0.335 e. The maximum absolute atomic E-state index is 12.1. The summed E-state index contributed by atoms with van der Waals surface area (Å²) in [6, 6.07) is 16.9. The summed E-state index contributed by atoms with van der Waals surface area (Å²) >= 11 is 0. The van der Waals surface area contributed by atoms with Crippen LogP contribution in [0.1, 0.15) is 56.7 Å². The summed E-state index contributed by atoms with van der Waals surface area (Å²) < 4.78 is 16.6. The first-order chi connectivity index (χ1) is 16.5. The van der Waals surface area contributed by atoms with Gasteiger partial charge in [-0.05, 0) is 60.6 Å². The highest BCUT2D eigenvalue weighted by Crippen LogP contribution is 2.24. The molecule has 0 N–H and O–H groups in total. The lowest BCUT2D eigenvalue weighted by Gasteiger charge is -2.26. The maximum atomic E-state index is 12.1. The fraction of sp³-hybridized carbons (Fsp3) is 0.483. The highest BCUT2D eigenvalue weighted by molar-refractivity contribution is 5.75. The van der Waals surface area contributed by atoms with Crippen molar-refractivity contribution in [1.82, 2.24) is 4.90 Å². The van der Waals surface area contributed by atoms with Gasteiger partial charge in [0.25, 0.3) is 0 Å². The Balaban J connectivity index is 1.43. The molecule has 1 aliphatic heterocycles. The number of hydrogen-bond acceptors (Lipinski definition) is 5. The van der Waals surface area contributed by atoms with Crippen LogP contribution >= 0.6 is 0 Å². The Bertz CT molecular complexity index is 918. The predicted molar refractivity (Wildman–Crippen MR) is 137 cm³/mol. The summed E-state index contributed by atoms with van der Waals surface area (Å²) in [5.41, 5.74) is 5.19. The van der Waals surface area contributed by atoms with Crippen LogP contribution in [0.2, 0.25) is 0 Å². The van der Waals surface area contributed by atoms with E-state index >= 15 is 0 Å². The zero-order chi connectivity index (χ0) is 24.3. The number of carbonyl (C=O) groups excluding carboxylic acids is 1. The van der Waals surface area contributed by atoms with Gasteiger partial charge in [-0.3, -0.25) is 4.90 Å². The Morgan fingerprint density at radius 1 is 1.00 bits per heavy atom. The second kappa shape index (κ2) is 13.3. The molecule has 0 amide bonds. The molecule has 1 aliphatic rings. The molecule has 5 heteroatoms. The third kappa shape index (κ3) is 7.71. The van der Waals surface area contributed by atoms with E-state index in [1.54, 1.807) is 6.92 Å². The molecule has 0 saturated carbocycles. The number of esters is 1. The predicted octanol–water partition coefficient (Wildman–Crippen LogP) is 5.49. The highest BCUT2D eigenvalue weighted by Gasteiger charge is 2.20. The topological polar surface area (TPSA) is 48.0 Å². The molecule has 1 heterocycles. The molecule has 0 spiro atoms. The van der Waals surface area contributed by atoms with Crippen molar-refractivity contribution < 1.29 is 19.0 Å². The zero-order valence-corrected chi connectivity index (χ0v) is 21.1. The average Bonchev–Trinajstić information content (AvgIpc) is 2.85. The van der Waals surface area contributed by atoms with Gasteiger partial charge in [0.1, 0.15) is 12.4 Å². The molecule has 0 aliphatic carbocycles. The zero-order valence-electron chi connectivity index (χ0n) is 21.1. The quantitative estimate of drug-likeness (QED) is 0.388. The lowest BCUT2D eigenvalue weighted by Crippen LogP contribution is -2.32. The van der Waals surface area contributed by atoms with Crippen molar-refractivity contribution in [2.75, 3.05) is 39.5 Å². The van der Waals surface area contributed by atoms with Crippen LogP contribution in [0, 0.1) is 0 Å². The molecular formula is C29H39NO4. The number of hydrogen-bond donors (Lipinski definition) is 0. The third-order valence-electron chi connectivity index (χ3n) is 6.18. The molecule has 0 fully saturated rings. The van der Waals surface area contributed by atoms with Gasteiger partial charge in [0, 0.05) is 32.7 Å². The molecule has 0 saturated heterocycles. The minimum absolute atomic E-state index is 0.309. The molecule has 2 aromatic carbocycles. The molecule has 5 nitrogen and oxygen atoms in total. The number of rotatable bonds is 12. The minimum Gasteiger partial charge on any atom is -0.492 e.